The predicted octanol–water partition coefficient (Wildman–Crippen LogP) is 1.79. The number of piperazine rings is 1. The molecular formula is C18H25N3O2. The van der Waals surface area contributed by atoms with Gasteiger partial charge < -0.3 is 9.64 Å². The average Bonchev–Trinajstić information content (AvgIpc) is 2.83. The van der Waals surface area contributed by atoms with Gasteiger partial charge in [0.15, 0.2) is 0 Å². The van der Waals surface area contributed by atoms with Crippen molar-refractivity contribution >= 4 is 6.09 Å². The highest BCUT2D eigenvalue weighted by atomic mass is 16.6. The highest BCUT2D eigenvalue weighted by Gasteiger charge is 2.55. The molecule has 1 aromatic carbocycles. The Morgan fingerprint density at radius 3 is 2.61 bits per heavy atom. The van der Waals surface area contributed by atoms with E-state index in [1.54, 1.807) is 0 Å². The van der Waals surface area contributed by atoms with Gasteiger partial charge in [-0.15, -0.1) is 0 Å². The lowest BCUT2D eigenvalue weighted by atomic mass is 9.83. The van der Waals surface area contributed by atoms with Gasteiger partial charge >= 0.3 is 6.09 Å². The summed E-state index contributed by atoms with van der Waals surface area (Å²) in [5, 5.41) is 0. The first kappa shape index (κ1) is 15.0. The second-order valence-corrected chi connectivity index (χ2v) is 7.17. The number of nitrogens with zero attached hydrogens (tertiary/aromatic N) is 3. The lowest BCUT2D eigenvalue weighted by Gasteiger charge is -2.44. The monoisotopic (exact) mass is 315 g/mol. The Balaban J connectivity index is 1.43. The van der Waals surface area contributed by atoms with Crippen LogP contribution in [-0.4, -0.2) is 72.2 Å². The first-order chi connectivity index (χ1) is 11.2. The molecular weight excluding hydrogens is 290 g/mol. The van der Waals surface area contributed by atoms with Crippen molar-refractivity contribution in [3.63, 3.8) is 0 Å². The summed E-state index contributed by atoms with van der Waals surface area (Å²) in [5.41, 5.74) is 1.09. The molecule has 0 N–H and O–H groups in total. The van der Waals surface area contributed by atoms with E-state index in [0.717, 1.165) is 52.1 Å². The Kier molecular flexibility index (Phi) is 3.77. The van der Waals surface area contributed by atoms with Crippen LogP contribution in [0.2, 0.25) is 0 Å². The molecule has 0 bridgehead atoms. The molecule has 3 aliphatic rings. The zero-order valence-electron chi connectivity index (χ0n) is 13.8. The van der Waals surface area contributed by atoms with Crippen LogP contribution in [0.5, 0.6) is 0 Å². The quantitative estimate of drug-likeness (QED) is 0.834. The van der Waals surface area contributed by atoms with Crippen LogP contribution in [0.3, 0.4) is 0 Å². The van der Waals surface area contributed by atoms with Gasteiger partial charge in [0, 0.05) is 52.1 Å². The van der Waals surface area contributed by atoms with Gasteiger partial charge in [0.05, 0.1) is 6.04 Å². The van der Waals surface area contributed by atoms with E-state index in [1.807, 2.05) is 4.90 Å². The molecule has 0 saturated carbocycles. The Morgan fingerprint density at radius 2 is 1.87 bits per heavy atom. The molecule has 0 aromatic heterocycles. The van der Waals surface area contributed by atoms with Crippen molar-refractivity contribution in [2.75, 3.05) is 39.8 Å². The van der Waals surface area contributed by atoms with E-state index in [9.17, 15) is 4.79 Å². The van der Waals surface area contributed by atoms with Crippen LogP contribution in [0.4, 0.5) is 4.79 Å². The fraction of sp³-hybridized carbons (Fsp3) is 0.611. The molecule has 23 heavy (non-hydrogen) atoms. The minimum Gasteiger partial charge on any atom is -0.440 e. The number of benzene rings is 1. The van der Waals surface area contributed by atoms with Crippen LogP contribution in [0.15, 0.2) is 30.3 Å². The molecule has 3 saturated heterocycles. The van der Waals surface area contributed by atoms with Gasteiger partial charge in [0.1, 0.15) is 5.60 Å². The maximum absolute atomic E-state index is 12.2. The van der Waals surface area contributed by atoms with Crippen molar-refractivity contribution < 1.29 is 9.53 Å². The van der Waals surface area contributed by atoms with Gasteiger partial charge in [-0.1, -0.05) is 30.3 Å². The number of likely N-dealkylation sites (N-methyl/N-ethyl adjacent to an activating group) is 1. The van der Waals surface area contributed by atoms with E-state index >= 15 is 0 Å². The summed E-state index contributed by atoms with van der Waals surface area (Å²) in [4.78, 5) is 19.0. The topological polar surface area (TPSA) is 36.0 Å². The number of fused-ring (bicyclic) bond motifs is 2. The number of hydrogen-bond acceptors (Lipinski definition) is 4. The Morgan fingerprint density at radius 1 is 1.13 bits per heavy atom. The van der Waals surface area contributed by atoms with Crippen molar-refractivity contribution in [2.45, 2.75) is 31.0 Å². The third-order valence-electron chi connectivity index (χ3n) is 5.67. The van der Waals surface area contributed by atoms with Gasteiger partial charge in [-0.3, -0.25) is 9.80 Å². The summed E-state index contributed by atoms with van der Waals surface area (Å²) in [6, 6.07) is 10.8. The van der Waals surface area contributed by atoms with Crippen LogP contribution in [0, 0.1) is 0 Å². The molecule has 1 atom stereocenters. The van der Waals surface area contributed by atoms with E-state index in [1.165, 1.54) is 5.56 Å². The molecule has 124 valence electrons. The molecule has 1 aromatic rings. The SMILES string of the molecule is CN1CCN2C(=O)OC3(CCN(Cc4ccccc4)CC3)C2C1. The van der Waals surface area contributed by atoms with Crippen molar-refractivity contribution in [3.8, 4) is 0 Å². The van der Waals surface area contributed by atoms with Crippen LogP contribution < -0.4 is 0 Å². The third kappa shape index (κ3) is 2.72. The molecule has 0 aliphatic carbocycles. The van der Waals surface area contributed by atoms with E-state index in [-0.39, 0.29) is 17.7 Å². The first-order valence-corrected chi connectivity index (χ1v) is 8.61. The van der Waals surface area contributed by atoms with Gasteiger partial charge in [0.2, 0.25) is 0 Å². The smallest absolute Gasteiger partial charge is 0.410 e. The zero-order chi connectivity index (χ0) is 15.9. The summed E-state index contributed by atoms with van der Waals surface area (Å²) >= 11 is 0. The average molecular weight is 315 g/mol. The molecule has 5 heteroatoms. The van der Waals surface area contributed by atoms with Crippen molar-refractivity contribution in [3.05, 3.63) is 35.9 Å². The van der Waals surface area contributed by atoms with Crippen LogP contribution in [0.1, 0.15) is 18.4 Å². The summed E-state index contributed by atoms with van der Waals surface area (Å²) in [6.45, 7) is 5.66. The lowest BCUT2D eigenvalue weighted by Crippen LogP contribution is -2.59. The molecule has 0 radical (unpaired) electrons. The number of ether oxygens (including phenoxy) is 1. The summed E-state index contributed by atoms with van der Waals surface area (Å²) in [6.07, 6.45) is 1.79. The minimum absolute atomic E-state index is 0.0976. The number of hydrogen-bond donors (Lipinski definition) is 0. The number of carbonyl (C=O) groups excluding carboxylic acids is 1. The van der Waals surface area contributed by atoms with Gasteiger partial charge in [-0.25, -0.2) is 4.79 Å². The van der Waals surface area contributed by atoms with Crippen molar-refractivity contribution in [1.29, 1.82) is 0 Å². The molecule has 1 unspecified atom stereocenters. The van der Waals surface area contributed by atoms with E-state index in [0.29, 0.717) is 0 Å². The molecule has 4 rings (SSSR count). The highest BCUT2D eigenvalue weighted by Crippen LogP contribution is 2.40. The first-order valence-electron chi connectivity index (χ1n) is 8.61. The van der Waals surface area contributed by atoms with Crippen LogP contribution in [-0.2, 0) is 11.3 Å². The molecule has 1 amide bonds. The molecule has 3 aliphatic heterocycles. The van der Waals surface area contributed by atoms with Crippen molar-refractivity contribution in [1.82, 2.24) is 14.7 Å². The second kappa shape index (κ2) is 5.80. The van der Waals surface area contributed by atoms with Gasteiger partial charge in [0.25, 0.3) is 0 Å². The Labute approximate surface area is 137 Å². The normalized spacial score (nSPS) is 28.0. The Bertz CT molecular complexity index is 569. The number of likely N-dealkylation sites (tertiary alicyclic amines) is 1. The van der Waals surface area contributed by atoms with Gasteiger partial charge in [-0.2, -0.15) is 0 Å². The number of carbonyl (C=O) groups is 1. The molecule has 3 heterocycles. The maximum Gasteiger partial charge on any atom is 0.410 e. The minimum atomic E-state index is -0.265. The van der Waals surface area contributed by atoms with Crippen molar-refractivity contribution in [2.24, 2.45) is 0 Å². The number of amides is 1. The summed E-state index contributed by atoms with van der Waals surface area (Å²) in [5.74, 6) is 0. The molecule has 1 spiro atoms. The summed E-state index contributed by atoms with van der Waals surface area (Å²) < 4.78 is 5.92. The lowest BCUT2D eigenvalue weighted by molar-refractivity contribution is -0.0337. The number of rotatable bonds is 2. The molecule has 5 nitrogen and oxygen atoms in total. The number of piperidine rings is 1. The standard InChI is InChI=1S/C18H25N3O2/c1-19-11-12-21-16(14-19)18(23-17(21)22)7-9-20(10-8-18)13-15-5-3-2-4-6-15/h2-6,16H,7-14H2,1H3. The fourth-order valence-corrected chi connectivity index (χ4v) is 4.26. The van der Waals surface area contributed by atoms with Crippen LogP contribution >= 0.6 is 0 Å². The van der Waals surface area contributed by atoms with E-state index < -0.39 is 0 Å². The molecule has 3 fully saturated rings. The zero-order valence-corrected chi connectivity index (χ0v) is 13.8. The van der Waals surface area contributed by atoms with Gasteiger partial charge in [-0.05, 0) is 12.6 Å². The maximum atomic E-state index is 12.2. The van der Waals surface area contributed by atoms with Crippen LogP contribution in [0.25, 0.3) is 0 Å². The fourth-order valence-electron chi connectivity index (χ4n) is 4.26. The predicted molar refractivity (Wildman–Crippen MR) is 88.2 cm³/mol. The summed E-state index contributed by atoms with van der Waals surface area (Å²) in [7, 11) is 2.14. The largest absolute Gasteiger partial charge is 0.440 e. The van der Waals surface area contributed by atoms with E-state index in [4.69, 9.17) is 4.74 Å². The highest BCUT2D eigenvalue weighted by molar-refractivity contribution is 5.72. The van der Waals surface area contributed by atoms with E-state index in [2.05, 4.69) is 47.2 Å². The Hall–Kier alpha value is -1.59. The third-order valence-corrected chi connectivity index (χ3v) is 5.67. The second-order valence-electron chi connectivity index (χ2n) is 7.17.